The van der Waals surface area contributed by atoms with Crippen LogP contribution >= 0.6 is 0 Å². The van der Waals surface area contributed by atoms with Gasteiger partial charge in [0.15, 0.2) is 0 Å². The maximum Gasteiger partial charge on any atom is 0.124 e. The number of hydrogen-bond acceptors (Lipinski definition) is 0. The van der Waals surface area contributed by atoms with E-state index in [0.717, 1.165) is 12.0 Å². The van der Waals surface area contributed by atoms with Crippen molar-refractivity contribution in [1.29, 1.82) is 0 Å². The lowest BCUT2D eigenvalue weighted by Crippen LogP contribution is -1.88. The van der Waals surface area contributed by atoms with Crippen LogP contribution in [0.5, 0.6) is 0 Å². The molecular weight excluding hydrogens is 175 g/mol. The minimum atomic E-state index is -0.224. The molecule has 1 radical (unpaired) electrons. The molecule has 2 aromatic rings. The van der Waals surface area contributed by atoms with Gasteiger partial charge in [0.25, 0.3) is 0 Å². The summed E-state index contributed by atoms with van der Waals surface area (Å²) in [6.45, 7) is 0. The summed E-state index contributed by atoms with van der Waals surface area (Å²) in [5.74, 6) is -0.224. The van der Waals surface area contributed by atoms with Crippen LogP contribution in [0.4, 0.5) is 4.39 Å². The molecule has 0 heterocycles. The zero-order valence-electron chi connectivity index (χ0n) is 7.70. The molecule has 0 nitrogen and oxygen atoms in total. The lowest BCUT2D eigenvalue weighted by molar-refractivity contribution is 0.625. The molecule has 0 aliphatic carbocycles. The SMILES string of the molecule is Fc1c[c]cc(Cc2ccccc2)c1. The summed E-state index contributed by atoms with van der Waals surface area (Å²) >= 11 is 0. The third kappa shape index (κ3) is 2.19. The molecule has 0 amide bonds. The fraction of sp³-hybridized carbons (Fsp3) is 0.0769. The second-order valence-electron chi connectivity index (χ2n) is 3.22. The molecular formula is C13H10F. The Morgan fingerprint density at radius 1 is 1.00 bits per heavy atom. The number of rotatable bonds is 2. The summed E-state index contributed by atoms with van der Waals surface area (Å²) in [5, 5.41) is 0. The minimum Gasteiger partial charge on any atom is -0.207 e. The Kier molecular flexibility index (Phi) is 2.59. The highest BCUT2D eigenvalue weighted by atomic mass is 19.1. The van der Waals surface area contributed by atoms with E-state index < -0.39 is 0 Å². The third-order valence-corrected chi connectivity index (χ3v) is 2.06. The zero-order chi connectivity index (χ0) is 9.80. The van der Waals surface area contributed by atoms with Gasteiger partial charge in [0.2, 0.25) is 0 Å². The molecule has 0 aliphatic heterocycles. The van der Waals surface area contributed by atoms with Gasteiger partial charge in [-0.05, 0) is 35.7 Å². The van der Waals surface area contributed by atoms with Gasteiger partial charge < -0.3 is 0 Å². The Bertz CT molecular complexity index is 407. The molecule has 2 aromatic carbocycles. The van der Waals surface area contributed by atoms with Crippen molar-refractivity contribution in [3.05, 3.63) is 71.5 Å². The van der Waals surface area contributed by atoms with Gasteiger partial charge in [-0.1, -0.05) is 36.4 Å². The van der Waals surface area contributed by atoms with Crippen LogP contribution in [0.25, 0.3) is 0 Å². The molecule has 1 heteroatoms. The molecule has 69 valence electrons. The van der Waals surface area contributed by atoms with E-state index in [9.17, 15) is 4.39 Å². The Balaban J connectivity index is 2.19. The van der Waals surface area contributed by atoms with E-state index in [4.69, 9.17) is 0 Å². The first-order valence-corrected chi connectivity index (χ1v) is 4.54. The molecule has 0 saturated carbocycles. The normalized spacial score (nSPS) is 10.1. The molecule has 0 aliphatic rings. The standard InChI is InChI=1S/C13H10F/c14-13-8-4-7-12(10-13)9-11-5-2-1-3-6-11/h1-3,5-8,10H,9H2. The highest BCUT2D eigenvalue weighted by Gasteiger charge is 1.96. The van der Waals surface area contributed by atoms with Crippen LogP contribution in [0.2, 0.25) is 0 Å². The predicted molar refractivity (Wildman–Crippen MR) is 54.5 cm³/mol. The smallest absolute Gasteiger partial charge is 0.124 e. The summed E-state index contributed by atoms with van der Waals surface area (Å²) in [6, 6.07) is 17.5. The van der Waals surface area contributed by atoms with Gasteiger partial charge in [0, 0.05) is 0 Å². The highest BCUT2D eigenvalue weighted by molar-refractivity contribution is 5.25. The topological polar surface area (TPSA) is 0 Å². The van der Waals surface area contributed by atoms with Crippen molar-refractivity contribution < 1.29 is 4.39 Å². The first-order valence-electron chi connectivity index (χ1n) is 4.54. The Labute approximate surface area is 83.0 Å². The number of benzene rings is 2. The fourth-order valence-electron chi connectivity index (χ4n) is 1.42. The van der Waals surface area contributed by atoms with E-state index in [1.807, 2.05) is 36.4 Å². The van der Waals surface area contributed by atoms with E-state index in [1.54, 1.807) is 6.07 Å². The number of hydrogen-bond donors (Lipinski definition) is 0. The third-order valence-electron chi connectivity index (χ3n) is 2.06. The highest BCUT2D eigenvalue weighted by Crippen LogP contribution is 2.09. The van der Waals surface area contributed by atoms with Gasteiger partial charge >= 0.3 is 0 Å². The van der Waals surface area contributed by atoms with Crippen molar-refractivity contribution in [2.45, 2.75) is 6.42 Å². The molecule has 0 unspecified atom stereocenters. The first-order chi connectivity index (χ1) is 6.84. The summed E-state index contributed by atoms with van der Waals surface area (Å²) in [5.41, 5.74) is 2.14. The summed E-state index contributed by atoms with van der Waals surface area (Å²) < 4.78 is 12.8. The molecule has 14 heavy (non-hydrogen) atoms. The van der Waals surface area contributed by atoms with Crippen LogP contribution in [-0.4, -0.2) is 0 Å². The molecule has 0 spiro atoms. The van der Waals surface area contributed by atoms with Crippen LogP contribution < -0.4 is 0 Å². The van der Waals surface area contributed by atoms with Crippen LogP contribution in [0.1, 0.15) is 11.1 Å². The fourth-order valence-corrected chi connectivity index (χ4v) is 1.42. The second-order valence-corrected chi connectivity index (χ2v) is 3.22. The van der Waals surface area contributed by atoms with E-state index in [1.165, 1.54) is 11.6 Å². The maximum absolute atomic E-state index is 12.8. The lowest BCUT2D eigenvalue weighted by Gasteiger charge is -2.00. The molecule has 0 N–H and O–H groups in total. The van der Waals surface area contributed by atoms with Gasteiger partial charge in [0.05, 0.1) is 0 Å². The summed E-state index contributed by atoms with van der Waals surface area (Å²) in [4.78, 5) is 0. The van der Waals surface area contributed by atoms with Crippen LogP contribution in [0.3, 0.4) is 0 Å². The molecule has 0 fully saturated rings. The van der Waals surface area contributed by atoms with Crippen molar-refractivity contribution in [3.63, 3.8) is 0 Å². The van der Waals surface area contributed by atoms with E-state index in [0.29, 0.717) is 0 Å². The maximum atomic E-state index is 12.8. The average Bonchev–Trinajstić information content (AvgIpc) is 2.19. The average molecular weight is 185 g/mol. The monoisotopic (exact) mass is 185 g/mol. The van der Waals surface area contributed by atoms with Crippen molar-refractivity contribution >= 4 is 0 Å². The largest absolute Gasteiger partial charge is 0.207 e. The molecule has 2 rings (SSSR count). The van der Waals surface area contributed by atoms with Crippen LogP contribution in [0, 0.1) is 11.9 Å². The predicted octanol–water partition coefficient (Wildman–Crippen LogP) is 3.22. The Morgan fingerprint density at radius 2 is 1.79 bits per heavy atom. The second kappa shape index (κ2) is 4.05. The van der Waals surface area contributed by atoms with Crippen molar-refractivity contribution in [2.75, 3.05) is 0 Å². The Morgan fingerprint density at radius 3 is 2.50 bits per heavy atom. The van der Waals surface area contributed by atoms with Crippen molar-refractivity contribution in [2.24, 2.45) is 0 Å². The van der Waals surface area contributed by atoms with Gasteiger partial charge in [-0.25, -0.2) is 4.39 Å². The summed E-state index contributed by atoms with van der Waals surface area (Å²) in [7, 11) is 0. The van der Waals surface area contributed by atoms with E-state index >= 15 is 0 Å². The summed E-state index contributed by atoms with van der Waals surface area (Å²) in [6.07, 6.45) is 0.759. The lowest BCUT2D eigenvalue weighted by atomic mass is 10.1. The van der Waals surface area contributed by atoms with Gasteiger partial charge in [-0.3, -0.25) is 0 Å². The first kappa shape index (κ1) is 8.95. The zero-order valence-corrected chi connectivity index (χ0v) is 7.70. The van der Waals surface area contributed by atoms with Gasteiger partial charge in [0.1, 0.15) is 5.82 Å². The van der Waals surface area contributed by atoms with Gasteiger partial charge in [-0.15, -0.1) is 0 Å². The van der Waals surface area contributed by atoms with E-state index in [-0.39, 0.29) is 5.82 Å². The molecule has 0 saturated heterocycles. The molecule has 0 aromatic heterocycles. The van der Waals surface area contributed by atoms with Crippen LogP contribution in [0.15, 0.2) is 48.5 Å². The van der Waals surface area contributed by atoms with E-state index in [2.05, 4.69) is 6.07 Å². The minimum absolute atomic E-state index is 0.224. The Hall–Kier alpha value is -1.63. The van der Waals surface area contributed by atoms with Gasteiger partial charge in [-0.2, -0.15) is 0 Å². The van der Waals surface area contributed by atoms with Crippen molar-refractivity contribution in [3.8, 4) is 0 Å². The molecule has 0 bridgehead atoms. The quantitative estimate of drug-likeness (QED) is 0.674. The van der Waals surface area contributed by atoms with Crippen LogP contribution in [-0.2, 0) is 6.42 Å². The molecule has 0 atom stereocenters. The number of halogens is 1. The van der Waals surface area contributed by atoms with Crippen molar-refractivity contribution in [1.82, 2.24) is 0 Å².